The third-order valence-electron chi connectivity index (χ3n) is 2.57. The van der Waals surface area contributed by atoms with E-state index >= 15 is 0 Å². The van der Waals surface area contributed by atoms with Gasteiger partial charge in [0.1, 0.15) is 17.6 Å². The largest absolute Gasteiger partial charge is 0.496 e. The van der Waals surface area contributed by atoms with Gasteiger partial charge in [-0.05, 0) is 18.6 Å². The Balaban J connectivity index is 2.07. The zero-order valence-electron chi connectivity index (χ0n) is 9.16. The van der Waals surface area contributed by atoms with Gasteiger partial charge >= 0.3 is 0 Å². The molecule has 1 aliphatic heterocycles. The Labute approximate surface area is 90.0 Å². The van der Waals surface area contributed by atoms with E-state index in [0.29, 0.717) is 6.61 Å². The van der Waals surface area contributed by atoms with Crippen LogP contribution in [-0.2, 0) is 4.74 Å². The van der Waals surface area contributed by atoms with Gasteiger partial charge in [0.25, 0.3) is 0 Å². The van der Waals surface area contributed by atoms with E-state index in [9.17, 15) is 0 Å². The van der Waals surface area contributed by atoms with Crippen LogP contribution >= 0.6 is 0 Å². The molecule has 1 atom stereocenters. The molecule has 0 unspecified atom stereocenters. The van der Waals surface area contributed by atoms with Gasteiger partial charge < -0.3 is 14.2 Å². The van der Waals surface area contributed by atoms with E-state index in [4.69, 9.17) is 14.2 Å². The number of benzene rings is 1. The van der Waals surface area contributed by atoms with Gasteiger partial charge in [0, 0.05) is 12.5 Å². The fourth-order valence-corrected chi connectivity index (χ4v) is 1.67. The van der Waals surface area contributed by atoms with Gasteiger partial charge in [-0.15, -0.1) is 0 Å². The standard InChI is InChI=1S/C12H16O3/c1-9-3-4-10(7-12(9)13-2)15-11-5-6-14-8-11/h3-4,7,11H,5-6,8H2,1-2H3/t11-/m0/s1. The van der Waals surface area contributed by atoms with Crippen molar-refractivity contribution in [2.45, 2.75) is 19.4 Å². The molecule has 1 aromatic rings. The van der Waals surface area contributed by atoms with Gasteiger partial charge in [0.2, 0.25) is 0 Å². The molecule has 0 bridgehead atoms. The quantitative estimate of drug-likeness (QED) is 0.762. The van der Waals surface area contributed by atoms with Crippen LogP contribution in [0.5, 0.6) is 11.5 Å². The molecule has 1 fully saturated rings. The van der Waals surface area contributed by atoms with Gasteiger partial charge in [-0.2, -0.15) is 0 Å². The summed E-state index contributed by atoms with van der Waals surface area (Å²) in [5.74, 6) is 1.72. The number of methoxy groups -OCH3 is 1. The molecule has 15 heavy (non-hydrogen) atoms. The van der Waals surface area contributed by atoms with Crippen LogP contribution in [0.15, 0.2) is 18.2 Å². The molecule has 1 heterocycles. The lowest BCUT2D eigenvalue weighted by atomic mass is 10.2. The SMILES string of the molecule is COc1cc(O[C@H]2CCOC2)ccc1C. The number of aryl methyl sites for hydroxylation is 1. The zero-order chi connectivity index (χ0) is 10.7. The minimum atomic E-state index is 0.192. The first-order chi connectivity index (χ1) is 7.29. The van der Waals surface area contributed by atoms with Gasteiger partial charge in [0.05, 0.1) is 20.3 Å². The van der Waals surface area contributed by atoms with Crippen LogP contribution in [0.3, 0.4) is 0 Å². The number of ether oxygens (including phenoxy) is 3. The molecule has 0 aromatic heterocycles. The molecule has 0 radical (unpaired) electrons. The van der Waals surface area contributed by atoms with Gasteiger partial charge in [-0.1, -0.05) is 6.07 Å². The fourth-order valence-electron chi connectivity index (χ4n) is 1.67. The molecule has 82 valence electrons. The average Bonchev–Trinajstić information content (AvgIpc) is 2.73. The lowest BCUT2D eigenvalue weighted by Gasteiger charge is -2.13. The highest BCUT2D eigenvalue weighted by Gasteiger charge is 2.17. The van der Waals surface area contributed by atoms with Crippen molar-refractivity contribution in [3.8, 4) is 11.5 Å². The second-order valence-corrected chi connectivity index (χ2v) is 3.73. The summed E-state index contributed by atoms with van der Waals surface area (Å²) in [6.07, 6.45) is 1.16. The number of hydrogen-bond acceptors (Lipinski definition) is 3. The molecule has 1 aliphatic rings. The van der Waals surface area contributed by atoms with Crippen molar-refractivity contribution < 1.29 is 14.2 Å². The summed E-state index contributed by atoms with van der Waals surface area (Å²) in [4.78, 5) is 0. The normalized spacial score (nSPS) is 20.3. The molecule has 0 aliphatic carbocycles. The Bertz CT molecular complexity index is 330. The lowest BCUT2D eigenvalue weighted by molar-refractivity contribution is 0.141. The third kappa shape index (κ3) is 2.42. The molecule has 1 aromatic carbocycles. The van der Waals surface area contributed by atoms with Crippen LogP contribution in [0.4, 0.5) is 0 Å². The average molecular weight is 208 g/mol. The van der Waals surface area contributed by atoms with Crippen molar-refractivity contribution in [2.75, 3.05) is 20.3 Å². The van der Waals surface area contributed by atoms with E-state index in [2.05, 4.69) is 0 Å². The Morgan fingerprint density at radius 1 is 1.40 bits per heavy atom. The highest BCUT2D eigenvalue weighted by atomic mass is 16.5. The summed E-state index contributed by atoms with van der Waals surface area (Å²) in [5, 5.41) is 0. The zero-order valence-corrected chi connectivity index (χ0v) is 9.16. The summed E-state index contributed by atoms with van der Waals surface area (Å²) in [6, 6.07) is 5.90. The maximum Gasteiger partial charge on any atom is 0.125 e. The minimum Gasteiger partial charge on any atom is -0.496 e. The molecular weight excluding hydrogens is 192 g/mol. The highest BCUT2D eigenvalue weighted by Crippen LogP contribution is 2.25. The maximum atomic E-state index is 5.77. The van der Waals surface area contributed by atoms with E-state index in [0.717, 1.165) is 30.1 Å². The summed E-state index contributed by atoms with van der Waals surface area (Å²) in [6.45, 7) is 3.51. The van der Waals surface area contributed by atoms with E-state index in [1.165, 1.54) is 0 Å². The van der Waals surface area contributed by atoms with Crippen LogP contribution in [-0.4, -0.2) is 26.4 Å². The maximum absolute atomic E-state index is 5.77. The van der Waals surface area contributed by atoms with Crippen molar-refractivity contribution >= 4 is 0 Å². The molecule has 0 N–H and O–H groups in total. The van der Waals surface area contributed by atoms with Crippen molar-refractivity contribution in [3.05, 3.63) is 23.8 Å². The van der Waals surface area contributed by atoms with E-state index in [1.54, 1.807) is 7.11 Å². The smallest absolute Gasteiger partial charge is 0.125 e. The fraction of sp³-hybridized carbons (Fsp3) is 0.500. The lowest BCUT2D eigenvalue weighted by Crippen LogP contribution is -2.15. The molecule has 1 saturated heterocycles. The first kappa shape index (κ1) is 10.3. The van der Waals surface area contributed by atoms with E-state index in [1.807, 2.05) is 25.1 Å². The first-order valence-corrected chi connectivity index (χ1v) is 5.18. The van der Waals surface area contributed by atoms with Crippen molar-refractivity contribution in [1.29, 1.82) is 0 Å². The molecule has 0 saturated carbocycles. The van der Waals surface area contributed by atoms with E-state index < -0.39 is 0 Å². The van der Waals surface area contributed by atoms with Crippen LogP contribution in [0, 0.1) is 6.92 Å². The molecule has 2 rings (SSSR count). The van der Waals surface area contributed by atoms with Crippen molar-refractivity contribution in [2.24, 2.45) is 0 Å². The third-order valence-corrected chi connectivity index (χ3v) is 2.57. The predicted molar refractivity (Wildman–Crippen MR) is 57.6 cm³/mol. The molecule has 0 spiro atoms. The highest BCUT2D eigenvalue weighted by molar-refractivity contribution is 5.39. The second kappa shape index (κ2) is 4.53. The molecule has 0 amide bonds. The van der Waals surface area contributed by atoms with E-state index in [-0.39, 0.29) is 6.10 Å². The Morgan fingerprint density at radius 3 is 2.93 bits per heavy atom. The predicted octanol–water partition coefficient (Wildman–Crippen LogP) is 2.17. The monoisotopic (exact) mass is 208 g/mol. The minimum absolute atomic E-state index is 0.192. The van der Waals surface area contributed by atoms with Crippen LogP contribution in [0.1, 0.15) is 12.0 Å². The molecule has 3 heteroatoms. The summed E-state index contributed by atoms with van der Waals surface area (Å²) in [7, 11) is 1.67. The Morgan fingerprint density at radius 2 is 2.27 bits per heavy atom. The second-order valence-electron chi connectivity index (χ2n) is 3.73. The molecular formula is C12H16O3. The summed E-state index contributed by atoms with van der Waals surface area (Å²) < 4.78 is 16.3. The Hall–Kier alpha value is -1.22. The van der Waals surface area contributed by atoms with Gasteiger partial charge in [-0.25, -0.2) is 0 Å². The van der Waals surface area contributed by atoms with Crippen molar-refractivity contribution in [1.82, 2.24) is 0 Å². The summed E-state index contributed by atoms with van der Waals surface area (Å²) in [5.41, 5.74) is 1.12. The van der Waals surface area contributed by atoms with Crippen LogP contribution in [0.2, 0.25) is 0 Å². The number of rotatable bonds is 3. The Kier molecular flexibility index (Phi) is 3.11. The van der Waals surface area contributed by atoms with Crippen LogP contribution in [0.25, 0.3) is 0 Å². The number of hydrogen-bond donors (Lipinski definition) is 0. The van der Waals surface area contributed by atoms with Gasteiger partial charge in [0.15, 0.2) is 0 Å². The topological polar surface area (TPSA) is 27.7 Å². The van der Waals surface area contributed by atoms with Crippen molar-refractivity contribution in [3.63, 3.8) is 0 Å². The first-order valence-electron chi connectivity index (χ1n) is 5.18. The summed E-state index contributed by atoms with van der Waals surface area (Å²) >= 11 is 0. The van der Waals surface area contributed by atoms with Gasteiger partial charge in [-0.3, -0.25) is 0 Å². The molecule has 3 nitrogen and oxygen atoms in total. The van der Waals surface area contributed by atoms with Crippen LogP contribution < -0.4 is 9.47 Å².